The number of ether oxygens (including phenoxy) is 4. The Labute approximate surface area is 160 Å². The first kappa shape index (κ1) is 19.1. The summed E-state index contributed by atoms with van der Waals surface area (Å²) >= 11 is 1.31. The number of aromatic nitrogens is 1. The van der Waals surface area contributed by atoms with Crippen molar-refractivity contribution in [3.63, 3.8) is 0 Å². The van der Waals surface area contributed by atoms with Crippen LogP contribution in [0.3, 0.4) is 0 Å². The lowest BCUT2D eigenvalue weighted by Gasteiger charge is -2.21. The predicted molar refractivity (Wildman–Crippen MR) is 97.3 cm³/mol. The Morgan fingerprint density at radius 1 is 1.30 bits per heavy atom. The normalized spacial score (nSPS) is 12.1. The highest BCUT2D eigenvalue weighted by Crippen LogP contribution is 2.33. The van der Waals surface area contributed by atoms with E-state index in [2.05, 4.69) is 4.98 Å². The van der Waals surface area contributed by atoms with Crippen molar-refractivity contribution in [2.24, 2.45) is 0 Å². The number of nitrogens with zero attached hydrogens (tertiary/aromatic N) is 2. The van der Waals surface area contributed by atoms with Crippen molar-refractivity contribution in [2.45, 2.75) is 13.5 Å². The number of hydrogen-bond donors (Lipinski definition) is 0. The van der Waals surface area contributed by atoms with Gasteiger partial charge in [0, 0.05) is 24.6 Å². The molecular weight excluding hydrogens is 372 g/mol. The number of carbonyl (C=O) groups excluding carboxylic acids is 2. The third-order valence-electron chi connectivity index (χ3n) is 3.83. The van der Waals surface area contributed by atoms with Crippen LogP contribution in [0.2, 0.25) is 0 Å². The smallest absolute Gasteiger partial charge is 0.357 e. The molecule has 0 radical (unpaired) electrons. The summed E-state index contributed by atoms with van der Waals surface area (Å²) in [4.78, 5) is 30.6. The molecule has 0 aliphatic carbocycles. The molecule has 0 fully saturated rings. The van der Waals surface area contributed by atoms with Crippen molar-refractivity contribution < 1.29 is 28.5 Å². The molecular formula is C18H20N2O6S. The molecule has 0 unspecified atom stereocenters. The zero-order valence-corrected chi connectivity index (χ0v) is 15.9. The molecule has 0 bridgehead atoms. The van der Waals surface area contributed by atoms with Gasteiger partial charge in [-0.05, 0) is 25.1 Å². The van der Waals surface area contributed by atoms with Crippen molar-refractivity contribution >= 4 is 23.2 Å². The predicted octanol–water partition coefficient (Wildman–Crippen LogP) is 2.34. The molecule has 0 atom stereocenters. The van der Waals surface area contributed by atoms with Gasteiger partial charge in [-0.1, -0.05) is 0 Å². The quantitative estimate of drug-likeness (QED) is 0.637. The number of fused-ring (bicyclic) bond motifs is 1. The Hall–Kier alpha value is -2.65. The molecule has 1 aromatic heterocycles. The van der Waals surface area contributed by atoms with Gasteiger partial charge in [0.2, 0.25) is 6.79 Å². The average molecular weight is 392 g/mol. The topological polar surface area (TPSA) is 87.2 Å². The van der Waals surface area contributed by atoms with Crippen molar-refractivity contribution in [1.29, 1.82) is 0 Å². The van der Waals surface area contributed by atoms with E-state index in [9.17, 15) is 9.59 Å². The summed E-state index contributed by atoms with van der Waals surface area (Å²) in [6.45, 7) is 3.21. The van der Waals surface area contributed by atoms with Crippen molar-refractivity contribution in [1.82, 2.24) is 9.88 Å². The van der Waals surface area contributed by atoms with Gasteiger partial charge in [-0.3, -0.25) is 4.79 Å². The molecule has 1 aromatic carbocycles. The number of thiazole rings is 1. The highest BCUT2D eigenvalue weighted by Gasteiger charge is 2.22. The van der Waals surface area contributed by atoms with E-state index in [1.165, 1.54) is 11.3 Å². The number of methoxy groups -OCH3 is 1. The molecule has 144 valence electrons. The Morgan fingerprint density at radius 2 is 2.11 bits per heavy atom. The minimum atomic E-state index is -0.467. The van der Waals surface area contributed by atoms with Crippen molar-refractivity contribution in [2.75, 3.05) is 33.7 Å². The molecule has 1 amide bonds. The van der Waals surface area contributed by atoms with Gasteiger partial charge >= 0.3 is 5.97 Å². The lowest BCUT2D eigenvalue weighted by molar-refractivity contribution is 0.0520. The van der Waals surface area contributed by atoms with E-state index in [1.807, 2.05) is 0 Å². The van der Waals surface area contributed by atoms with Gasteiger partial charge in [0.15, 0.2) is 17.2 Å². The molecule has 0 saturated carbocycles. The number of amides is 1. The molecule has 9 heteroatoms. The number of benzene rings is 1. The minimum absolute atomic E-state index is 0.149. The summed E-state index contributed by atoms with van der Waals surface area (Å²) in [7, 11) is 1.57. The van der Waals surface area contributed by atoms with E-state index in [0.29, 0.717) is 35.2 Å². The van der Waals surface area contributed by atoms with Crippen molar-refractivity contribution in [3.05, 3.63) is 39.8 Å². The van der Waals surface area contributed by atoms with E-state index in [4.69, 9.17) is 18.9 Å². The molecule has 2 aromatic rings. The van der Waals surface area contributed by atoms with Gasteiger partial charge in [0.05, 0.1) is 19.8 Å². The fourth-order valence-corrected chi connectivity index (χ4v) is 3.29. The molecule has 1 aliphatic rings. The van der Waals surface area contributed by atoms with Crippen molar-refractivity contribution in [3.8, 4) is 11.5 Å². The van der Waals surface area contributed by atoms with E-state index < -0.39 is 5.97 Å². The second-order valence-corrected chi connectivity index (χ2v) is 6.58. The number of esters is 1. The largest absolute Gasteiger partial charge is 0.461 e. The fraction of sp³-hybridized carbons (Fsp3) is 0.389. The Kier molecular flexibility index (Phi) is 6.25. The van der Waals surface area contributed by atoms with Gasteiger partial charge in [-0.2, -0.15) is 0 Å². The van der Waals surface area contributed by atoms with Gasteiger partial charge in [-0.25, -0.2) is 9.78 Å². The summed E-state index contributed by atoms with van der Waals surface area (Å²) in [6, 6.07) is 5.07. The first-order chi connectivity index (χ1) is 13.1. The highest BCUT2D eigenvalue weighted by molar-refractivity contribution is 7.09. The molecule has 1 aliphatic heterocycles. The average Bonchev–Trinajstić information content (AvgIpc) is 3.33. The van der Waals surface area contributed by atoms with Crippen LogP contribution >= 0.6 is 11.3 Å². The number of rotatable bonds is 8. The number of hydrogen-bond acceptors (Lipinski definition) is 8. The third kappa shape index (κ3) is 4.55. The lowest BCUT2D eigenvalue weighted by atomic mass is 10.1. The maximum absolute atomic E-state index is 13.0. The summed E-state index contributed by atoms with van der Waals surface area (Å²) in [5, 5.41) is 2.27. The molecule has 3 rings (SSSR count). The van der Waals surface area contributed by atoms with Crippen LogP contribution in [0.4, 0.5) is 0 Å². The first-order valence-electron chi connectivity index (χ1n) is 8.41. The lowest BCUT2D eigenvalue weighted by Crippen LogP contribution is -2.33. The summed E-state index contributed by atoms with van der Waals surface area (Å²) in [5.41, 5.74) is 0.733. The summed E-state index contributed by atoms with van der Waals surface area (Å²) < 4.78 is 20.7. The second-order valence-electron chi connectivity index (χ2n) is 5.63. The Balaban J connectivity index is 1.75. The van der Waals surface area contributed by atoms with E-state index in [0.717, 1.165) is 0 Å². The second kappa shape index (κ2) is 8.83. The van der Waals surface area contributed by atoms with Crippen LogP contribution in [0, 0.1) is 0 Å². The fourth-order valence-electron chi connectivity index (χ4n) is 2.51. The molecule has 0 saturated heterocycles. The third-order valence-corrected chi connectivity index (χ3v) is 4.67. The number of carbonyl (C=O) groups is 2. The standard InChI is InChI=1S/C18H20N2O6S/c1-3-24-18(22)13-10-27-16(19-13)9-20(6-7-23-2)17(21)12-4-5-14-15(8-12)26-11-25-14/h4-5,8,10H,3,6-7,9,11H2,1-2H3. The van der Waals surface area contributed by atoms with E-state index in [-0.39, 0.29) is 31.5 Å². The van der Waals surface area contributed by atoms with Crippen LogP contribution in [-0.4, -0.2) is 55.4 Å². The van der Waals surface area contributed by atoms with Crippen LogP contribution in [0.5, 0.6) is 11.5 Å². The van der Waals surface area contributed by atoms with Crippen LogP contribution in [-0.2, 0) is 16.0 Å². The van der Waals surface area contributed by atoms with Gasteiger partial charge in [0.25, 0.3) is 5.91 Å². The van der Waals surface area contributed by atoms with Crippen LogP contribution in [0.15, 0.2) is 23.6 Å². The van der Waals surface area contributed by atoms with Crippen LogP contribution < -0.4 is 9.47 Å². The summed E-state index contributed by atoms with van der Waals surface area (Å²) in [6.07, 6.45) is 0. The minimum Gasteiger partial charge on any atom is -0.461 e. The monoisotopic (exact) mass is 392 g/mol. The molecule has 8 nitrogen and oxygen atoms in total. The Morgan fingerprint density at radius 3 is 2.89 bits per heavy atom. The first-order valence-corrected chi connectivity index (χ1v) is 9.29. The Bertz CT molecular complexity index is 822. The maximum Gasteiger partial charge on any atom is 0.357 e. The van der Waals surface area contributed by atoms with E-state index >= 15 is 0 Å². The van der Waals surface area contributed by atoms with Crippen LogP contribution in [0.25, 0.3) is 0 Å². The zero-order valence-electron chi connectivity index (χ0n) is 15.1. The molecule has 2 heterocycles. The van der Waals surface area contributed by atoms with E-state index in [1.54, 1.807) is 42.5 Å². The summed E-state index contributed by atoms with van der Waals surface area (Å²) in [5.74, 6) is 0.518. The van der Waals surface area contributed by atoms with Crippen LogP contribution in [0.1, 0.15) is 32.8 Å². The van der Waals surface area contributed by atoms with Gasteiger partial charge < -0.3 is 23.8 Å². The molecule has 0 spiro atoms. The van der Waals surface area contributed by atoms with Gasteiger partial charge in [-0.15, -0.1) is 11.3 Å². The zero-order chi connectivity index (χ0) is 19.2. The highest BCUT2D eigenvalue weighted by atomic mass is 32.1. The molecule has 0 N–H and O–H groups in total. The molecule has 27 heavy (non-hydrogen) atoms. The maximum atomic E-state index is 13.0. The van der Waals surface area contributed by atoms with Gasteiger partial charge in [0.1, 0.15) is 5.01 Å². The SMILES string of the molecule is CCOC(=O)c1csc(CN(CCOC)C(=O)c2ccc3c(c2)OCO3)n1.